The van der Waals surface area contributed by atoms with E-state index in [0.717, 1.165) is 34.0 Å². The minimum Gasteiger partial charge on any atom is -0.490 e. The minimum absolute atomic E-state index is 0.0402. The van der Waals surface area contributed by atoms with Crippen LogP contribution in [-0.2, 0) is 6.42 Å². The van der Waals surface area contributed by atoms with Gasteiger partial charge >= 0.3 is 0 Å². The molecule has 1 aliphatic carbocycles. The highest BCUT2D eigenvalue weighted by atomic mass is 79.9. The molecule has 1 heterocycles. The Morgan fingerprint density at radius 1 is 1.19 bits per heavy atom. The first-order valence-corrected chi connectivity index (χ1v) is 12.5. The number of nitriles is 1. The van der Waals surface area contributed by atoms with Crippen LogP contribution >= 0.6 is 15.9 Å². The molecule has 0 saturated heterocycles. The smallest absolute Gasteiger partial charge is 0.258 e. The summed E-state index contributed by atoms with van der Waals surface area (Å²) < 4.78 is 12.2. The van der Waals surface area contributed by atoms with Crippen LogP contribution in [0.2, 0.25) is 0 Å². The normalized spacial score (nSPS) is 14.4. The monoisotopic (exact) mass is 542 g/mol. The van der Waals surface area contributed by atoms with Gasteiger partial charge in [-0.1, -0.05) is 39.3 Å². The van der Waals surface area contributed by atoms with Gasteiger partial charge in [0.1, 0.15) is 11.8 Å². The molecule has 0 bridgehead atoms. The second-order valence-corrected chi connectivity index (χ2v) is 9.77. The summed E-state index contributed by atoms with van der Waals surface area (Å²) in [5.74, 6) is 1.22. The van der Waals surface area contributed by atoms with Gasteiger partial charge in [-0.3, -0.25) is 4.79 Å². The van der Waals surface area contributed by atoms with Crippen LogP contribution in [-0.4, -0.2) is 22.2 Å². The molecule has 3 aromatic carbocycles. The van der Waals surface area contributed by atoms with E-state index in [9.17, 15) is 10.1 Å². The maximum absolute atomic E-state index is 12.8. The third-order valence-corrected chi connectivity index (χ3v) is 6.59. The highest BCUT2D eigenvalue weighted by Crippen LogP contribution is 2.38. The Bertz CT molecular complexity index is 1470. The SMILES string of the molecule is CC(C)Oc1ccc(-c2nc(-c3cccc4c3CCC4NC(=O)c3ccc(Br)cc3)no2)cc1C#N. The van der Waals surface area contributed by atoms with E-state index < -0.39 is 0 Å². The highest BCUT2D eigenvalue weighted by Gasteiger charge is 2.28. The lowest BCUT2D eigenvalue weighted by Crippen LogP contribution is -2.27. The fourth-order valence-electron chi connectivity index (χ4n) is 4.41. The largest absolute Gasteiger partial charge is 0.490 e. The van der Waals surface area contributed by atoms with Gasteiger partial charge < -0.3 is 14.6 Å². The lowest BCUT2D eigenvalue weighted by atomic mass is 10.0. The van der Waals surface area contributed by atoms with Crippen LogP contribution in [0, 0.1) is 11.3 Å². The van der Waals surface area contributed by atoms with Crippen LogP contribution in [0.1, 0.15) is 53.4 Å². The number of carbonyl (C=O) groups excluding carboxylic acids is 1. The number of amides is 1. The Morgan fingerprint density at radius 3 is 2.75 bits per heavy atom. The third kappa shape index (κ3) is 4.75. The van der Waals surface area contributed by atoms with Crippen molar-refractivity contribution in [1.29, 1.82) is 5.26 Å². The quantitative estimate of drug-likeness (QED) is 0.309. The summed E-state index contributed by atoms with van der Waals surface area (Å²) in [6.07, 6.45) is 1.55. The van der Waals surface area contributed by atoms with Crippen LogP contribution < -0.4 is 10.1 Å². The van der Waals surface area contributed by atoms with Gasteiger partial charge in [-0.05, 0) is 80.3 Å². The molecule has 1 atom stereocenters. The number of nitrogens with one attached hydrogen (secondary N) is 1. The molecular formula is C28H23BrN4O3. The van der Waals surface area contributed by atoms with Crippen molar-refractivity contribution in [1.82, 2.24) is 15.5 Å². The number of hydrogen-bond donors (Lipinski definition) is 1. The third-order valence-electron chi connectivity index (χ3n) is 6.06. The van der Waals surface area contributed by atoms with E-state index in [4.69, 9.17) is 9.26 Å². The van der Waals surface area contributed by atoms with Gasteiger partial charge in [-0.25, -0.2) is 0 Å². The van der Waals surface area contributed by atoms with Crippen molar-refractivity contribution in [3.05, 3.63) is 87.4 Å². The van der Waals surface area contributed by atoms with Gasteiger partial charge in [0.05, 0.1) is 17.7 Å². The van der Waals surface area contributed by atoms with Crippen molar-refractivity contribution in [3.63, 3.8) is 0 Å². The van der Waals surface area contributed by atoms with Crippen LogP contribution in [0.4, 0.5) is 0 Å². The van der Waals surface area contributed by atoms with E-state index in [1.165, 1.54) is 0 Å². The molecule has 1 N–H and O–H groups in total. The van der Waals surface area contributed by atoms with Gasteiger partial charge in [0, 0.05) is 21.2 Å². The highest BCUT2D eigenvalue weighted by molar-refractivity contribution is 9.10. The van der Waals surface area contributed by atoms with Crippen molar-refractivity contribution in [2.24, 2.45) is 0 Å². The Kier molecular flexibility index (Phi) is 6.57. The van der Waals surface area contributed by atoms with Crippen molar-refractivity contribution < 1.29 is 14.1 Å². The van der Waals surface area contributed by atoms with Crippen LogP contribution in [0.5, 0.6) is 5.75 Å². The van der Waals surface area contributed by atoms with Crippen molar-refractivity contribution in [3.8, 4) is 34.7 Å². The maximum Gasteiger partial charge on any atom is 0.258 e. The molecule has 0 aliphatic heterocycles. The summed E-state index contributed by atoms with van der Waals surface area (Å²) >= 11 is 3.40. The molecule has 1 unspecified atom stereocenters. The standard InChI is InChI=1S/C28H23BrN4O3/c1-16(2)35-25-13-8-18(14-19(25)15-30)28-32-26(33-36-28)23-5-3-4-22-21(23)11-12-24(22)31-27(34)17-6-9-20(29)10-7-17/h3-10,13-14,16,24H,11-12H2,1-2H3,(H,31,34). The molecule has 1 amide bonds. The van der Waals surface area contributed by atoms with Gasteiger partial charge in [-0.15, -0.1) is 0 Å². The van der Waals surface area contributed by atoms with E-state index >= 15 is 0 Å². The van der Waals surface area contributed by atoms with Gasteiger partial charge in [0.2, 0.25) is 5.82 Å². The number of halogens is 1. The molecule has 0 spiro atoms. The average molecular weight is 543 g/mol. The average Bonchev–Trinajstić information content (AvgIpc) is 3.52. The molecule has 1 aromatic heterocycles. The van der Waals surface area contributed by atoms with Crippen molar-refractivity contribution in [2.45, 2.75) is 38.8 Å². The Labute approximate surface area is 217 Å². The lowest BCUT2D eigenvalue weighted by molar-refractivity contribution is 0.0936. The first-order chi connectivity index (χ1) is 17.4. The zero-order valence-corrected chi connectivity index (χ0v) is 21.4. The number of hydrogen-bond acceptors (Lipinski definition) is 6. The van der Waals surface area contributed by atoms with E-state index in [-0.39, 0.29) is 18.1 Å². The first kappa shape index (κ1) is 23.8. The summed E-state index contributed by atoms with van der Waals surface area (Å²) in [5, 5.41) is 16.9. The van der Waals surface area contributed by atoms with Crippen molar-refractivity contribution in [2.75, 3.05) is 0 Å². The topological polar surface area (TPSA) is 101 Å². The number of aromatic nitrogens is 2. The van der Waals surface area contributed by atoms with Crippen LogP contribution in [0.25, 0.3) is 22.8 Å². The lowest BCUT2D eigenvalue weighted by Gasteiger charge is -2.15. The Morgan fingerprint density at radius 2 is 2.00 bits per heavy atom. The number of fused-ring (bicyclic) bond motifs is 1. The summed E-state index contributed by atoms with van der Waals surface area (Å²) in [6, 6.07) is 20.6. The summed E-state index contributed by atoms with van der Waals surface area (Å²) in [6.45, 7) is 3.82. The molecule has 180 valence electrons. The Hall–Kier alpha value is -3.96. The van der Waals surface area contributed by atoms with E-state index in [1.54, 1.807) is 30.3 Å². The maximum atomic E-state index is 12.8. The van der Waals surface area contributed by atoms with E-state index in [2.05, 4.69) is 37.5 Å². The number of ether oxygens (including phenoxy) is 1. The van der Waals surface area contributed by atoms with Gasteiger partial charge in [0.25, 0.3) is 11.8 Å². The molecule has 0 fully saturated rings. The number of nitrogens with zero attached hydrogens (tertiary/aromatic N) is 3. The second kappa shape index (κ2) is 9.96. The summed E-state index contributed by atoms with van der Waals surface area (Å²) in [5.41, 5.74) is 4.71. The molecular weight excluding hydrogens is 520 g/mol. The first-order valence-electron chi connectivity index (χ1n) is 11.7. The number of carbonyl (C=O) groups is 1. The molecule has 4 aromatic rings. The molecule has 8 heteroatoms. The molecule has 7 nitrogen and oxygen atoms in total. The number of benzene rings is 3. The fraction of sp³-hybridized carbons (Fsp3) is 0.214. The zero-order valence-electron chi connectivity index (χ0n) is 19.8. The Balaban J connectivity index is 1.39. The van der Waals surface area contributed by atoms with Gasteiger partial charge in [0.15, 0.2) is 0 Å². The van der Waals surface area contributed by atoms with E-state index in [0.29, 0.717) is 34.2 Å². The summed E-state index contributed by atoms with van der Waals surface area (Å²) in [4.78, 5) is 17.4. The van der Waals surface area contributed by atoms with Gasteiger partial charge in [-0.2, -0.15) is 10.2 Å². The predicted octanol–water partition coefficient (Wildman–Crippen LogP) is 6.24. The molecule has 0 radical (unpaired) electrons. The summed E-state index contributed by atoms with van der Waals surface area (Å²) in [7, 11) is 0. The van der Waals surface area contributed by atoms with Crippen molar-refractivity contribution >= 4 is 21.8 Å². The second-order valence-electron chi connectivity index (χ2n) is 8.86. The van der Waals surface area contributed by atoms with Crippen LogP contribution in [0.15, 0.2) is 69.7 Å². The fourth-order valence-corrected chi connectivity index (χ4v) is 4.68. The molecule has 5 rings (SSSR count). The van der Waals surface area contributed by atoms with Crippen LogP contribution in [0.3, 0.4) is 0 Å². The number of rotatable bonds is 6. The minimum atomic E-state index is -0.106. The van der Waals surface area contributed by atoms with E-state index in [1.807, 2.05) is 44.2 Å². The molecule has 1 aliphatic rings. The zero-order chi connectivity index (χ0) is 25.2. The molecule has 36 heavy (non-hydrogen) atoms. The predicted molar refractivity (Wildman–Crippen MR) is 138 cm³/mol. The molecule has 0 saturated carbocycles.